The molecular weight excluding hydrogens is 258 g/mol. The summed E-state index contributed by atoms with van der Waals surface area (Å²) in [7, 11) is 0. The first-order valence-electron chi connectivity index (χ1n) is 6.42. The largest absolute Gasteiger partial charge is 0.388 e. The minimum Gasteiger partial charge on any atom is -0.388 e. The van der Waals surface area contributed by atoms with Gasteiger partial charge in [-0.3, -0.25) is 4.98 Å². The number of benzene rings is 1. The molecule has 1 N–H and O–H groups in total. The van der Waals surface area contributed by atoms with Crippen LogP contribution in [0.2, 0.25) is 0 Å². The first kappa shape index (κ1) is 14.0. The smallest absolute Gasteiger partial charge is 0.0826 e. The highest BCUT2D eigenvalue weighted by Gasteiger charge is 2.14. The zero-order valence-electron chi connectivity index (χ0n) is 11.0. The molecule has 100 valence electrons. The molecule has 0 bridgehead atoms. The SMILES string of the molecule is CC(CCl)C(O)c1ccc(Cc2cccnc2)cc1. The molecule has 0 aliphatic rings. The standard InChI is InChI=1S/C16H18ClNO/c1-12(10-17)16(19)15-6-4-13(5-7-15)9-14-3-2-8-18-11-14/h2-8,11-12,16,19H,9-10H2,1H3. The van der Waals surface area contributed by atoms with Gasteiger partial charge in [0.15, 0.2) is 0 Å². The third-order valence-electron chi connectivity index (χ3n) is 3.23. The van der Waals surface area contributed by atoms with Crippen molar-refractivity contribution in [2.75, 3.05) is 5.88 Å². The molecule has 1 heterocycles. The van der Waals surface area contributed by atoms with Crippen LogP contribution in [0.15, 0.2) is 48.8 Å². The fraction of sp³-hybridized carbons (Fsp3) is 0.312. The third-order valence-corrected chi connectivity index (χ3v) is 3.72. The lowest BCUT2D eigenvalue weighted by Crippen LogP contribution is -2.10. The van der Waals surface area contributed by atoms with Crippen LogP contribution in [0.3, 0.4) is 0 Å². The van der Waals surface area contributed by atoms with E-state index in [1.807, 2.05) is 43.5 Å². The zero-order chi connectivity index (χ0) is 13.7. The molecule has 19 heavy (non-hydrogen) atoms. The van der Waals surface area contributed by atoms with Crippen LogP contribution in [0.4, 0.5) is 0 Å². The summed E-state index contributed by atoms with van der Waals surface area (Å²) in [6, 6.07) is 12.0. The van der Waals surface area contributed by atoms with Crippen LogP contribution in [-0.2, 0) is 6.42 Å². The number of aromatic nitrogens is 1. The van der Waals surface area contributed by atoms with Crippen LogP contribution in [0.5, 0.6) is 0 Å². The highest BCUT2D eigenvalue weighted by atomic mass is 35.5. The lowest BCUT2D eigenvalue weighted by atomic mass is 9.97. The van der Waals surface area contributed by atoms with Gasteiger partial charge in [-0.15, -0.1) is 11.6 Å². The predicted octanol–water partition coefficient (Wildman–Crippen LogP) is 3.58. The fourth-order valence-electron chi connectivity index (χ4n) is 1.98. The van der Waals surface area contributed by atoms with Gasteiger partial charge in [0, 0.05) is 18.3 Å². The Bertz CT molecular complexity index is 498. The van der Waals surface area contributed by atoms with Crippen molar-refractivity contribution < 1.29 is 5.11 Å². The molecule has 0 amide bonds. The number of aliphatic hydroxyl groups excluding tert-OH is 1. The van der Waals surface area contributed by atoms with E-state index in [0.29, 0.717) is 5.88 Å². The predicted molar refractivity (Wildman–Crippen MR) is 78.3 cm³/mol. The maximum Gasteiger partial charge on any atom is 0.0826 e. The van der Waals surface area contributed by atoms with Crippen molar-refractivity contribution in [1.82, 2.24) is 4.98 Å². The molecule has 1 aromatic carbocycles. The topological polar surface area (TPSA) is 33.1 Å². The molecule has 0 radical (unpaired) electrons. The molecule has 2 unspecified atom stereocenters. The summed E-state index contributed by atoms with van der Waals surface area (Å²) in [4.78, 5) is 4.11. The summed E-state index contributed by atoms with van der Waals surface area (Å²) >= 11 is 5.77. The van der Waals surface area contributed by atoms with E-state index in [0.717, 1.165) is 12.0 Å². The number of alkyl halides is 1. The molecule has 0 aliphatic carbocycles. The quantitative estimate of drug-likeness (QED) is 0.846. The van der Waals surface area contributed by atoms with E-state index in [4.69, 9.17) is 11.6 Å². The summed E-state index contributed by atoms with van der Waals surface area (Å²) in [5, 5.41) is 10.1. The second-order valence-corrected chi connectivity index (χ2v) is 5.16. The molecule has 1 aromatic heterocycles. The molecule has 2 atom stereocenters. The molecule has 0 spiro atoms. The summed E-state index contributed by atoms with van der Waals surface area (Å²) in [5.74, 6) is 0.518. The normalized spacial score (nSPS) is 14.1. The Morgan fingerprint density at radius 3 is 2.47 bits per heavy atom. The number of hydrogen-bond donors (Lipinski definition) is 1. The van der Waals surface area contributed by atoms with Gasteiger partial charge in [0.05, 0.1) is 6.10 Å². The molecular formula is C16H18ClNO. The van der Waals surface area contributed by atoms with Gasteiger partial charge in [-0.05, 0) is 35.1 Å². The van der Waals surface area contributed by atoms with E-state index in [-0.39, 0.29) is 5.92 Å². The summed E-state index contributed by atoms with van der Waals surface area (Å²) in [6.07, 6.45) is 4.01. The van der Waals surface area contributed by atoms with Gasteiger partial charge in [-0.25, -0.2) is 0 Å². The lowest BCUT2D eigenvalue weighted by Gasteiger charge is -2.16. The molecule has 0 saturated heterocycles. The Labute approximate surface area is 119 Å². The van der Waals surface area contributed by atoms with Crippen molar-refractivity contribution in [3.8, 4) is 0 Å². The second-order valence-electron chi connectivity index (χ2n) is 4.86. The van der Waals surface area contributed by atoms with E-state index in [1.54, 1.807) is 6.20 Å². The fourth-order valence-corrected chi connectivity index (χ4v) is 2.15. The van der Waals surface area contributed by atoms with Crippen LogP contribution >= 0.6 is 11.6 Å². The Balaban J connectivity index is 2.06. The van der Waals surface area contributed by atoms with Crippen molar-refractivity contribution in [2.24, 2.45) is 5.92 Å². The van der Waals surface area contributed by atoms with Gasteiger partial charge in [-0.1, -0.05) is 37.3 Å². The lowest BCUT2D eigenvalue weighted by molar-refractivity contribution is 0.128. The van der Waals surface area contributed by atoms with E-state index in [9.17, 15) is 5.11 Å². The number of nitrogens with zero attached hydrogens (tertiary/aromatic N) is 1. The van der Waals surface area contributed by atoms with E-state index in [1.165, 1.54) is 11.1 Å². The van der Waals surface area contributed by atoms with Gasteiger partial charge < -0.3 is 5.11 Å². The Kier molecular flexibility index (Phi) is 4.94. The van der Waals surface area contributed by atoms with Crippen LogP contribution in [0.1, 0.15) is 29.7 Å². The molecule has 0 saturated carbocycles. The van der Waals surface area contributed by atoms with Crippen molar-refractivity contribution in [3.63, 3.8) is 0 Å². The molecule has 3 heteroatoms. The second kappa shape index (κ2) is 6.69. The summed E-state index contributed by atoms with van der Waals surface area (Å²) in [5.41, 5.74) is 3.32. The zero-order valence-corrected chi connectivity index (χ0v) is 11.7. The van der Waals surface area contributed by atoms with Gasteiger partial charge in [0.1, 0.15) is 0 Å². The average molecular weight is 276 g/mol. The first-order valence-corrected chi connectivity index (χ1v) is 6.96. The maximum absolute atomic E-state index is 10.1. The monoisotopic (exact) mass is 275 g/mol. The first-order chi connectivity index (χ1) is 9.20. The van der Waals surface area contributed by atoms with Gasteiger partial charge in [-0.2, -0.15) is 0 Å². The number of aliphatic hydroxyl groups is 1. The van der Waals surface area contributed by atoms with Crippen LogP contribution in [0.25, 0.3) is 0 Å². The minimum absolute atomic E-state index is 0.0610. The molecule has 2 aromatic rings. The number of pyridine rings is 1. The van der Waals surface area contributed by atoms with Gasteiger partial charge >= 0.3 is 0 Å². The van der Waals surface area contributed by atoms with E-state index >= 15 is 0 Å². The molecule has 0 aliphatic heterocycles. The van der Waals surface area contributed by atoms with Crippen molar-refractivity contribution in [1.29, 1.82) is 0 Å². The summed E-state index contributed by atoms with van der Waals surface area (Å²) in [6.45, 7) is 1.95. The van der Waals surface area contributed by atoms with Crippen LogP contribution in [0, 0.1) is 5.92 Å². The Hall–Kier alpha value is -1.38. The third kappa shape index (κ3) is 3.79. The molecule has 0 fully saturated rings. The summed E-state index contributed by atoms with van der Waals surface area (Å²) < 4.78 is 0. The number of halogens is 1. The Morgan fingerprint density at radius 1 is 1.16 bits per heavy atom. The van der Waals surface area contributed by atoms with Crippen molar-refractivity contribution in [2.45, 2.75) is 19.4 Å². The van der Waals surface area contributed by atoms with Crippen molar-refractivity contribution in [3.05, 3.63) is 65.5 Å². The highest BCUT2D eigenvalue weighted by Crippen LogP contribution is 2.23. The number of hydrogen-bond acceptors (Lipinski definition) is 2. The molecule has 2 rings (SSSR count). The average Bonchev–Trinajstić information content (AvgIpc) is 2.47. The van der Waals surface area contributed by atoms with E-state index < -0.39 is 6.10 Å². The molecule has 2 nitrogen and oxygen atoms in total. The number of rotatable bonds is 5. The van der Waals surface area contributed by atoms with E-state index in [2.05, 4.69) is 11.1 Å². The van der Waals surface area contributed by atoms with Crippen molar-refractivity contribution >= 4 is 11.6 Å². The van der Waals surface area contributed by atoms with Gasteiger partial charge in [0.2, 0.25) is 0 Å². The Morgan fingerprint density at radius 2 is 1.89 bits per heavy atom. The minimum atomic E-state index is -0.495. The maximum atomic E-state index is 10.1. The van der Waals surface area contributed by atoms with Crippen LogP contribution in [-0.4, -0.2) is 16.0 Å². The van der Waals surface area contributed by atoms with Crippen LogP contribution < -0.4 is 0 Å². The van der Waals surface area contributed by atoms with Gasteiger partial charge in [0.25, 0.3) is 0 Å². The highest BCUT2D eigenvalue weighted by molar-refractivity contribution is 6.18.